The maximum Gasteiger partial charge on any atom is 0.313 e. The van der Waals surface area contributed by atoms with Crippen LogP contribution in [-0.2, 0) is 23.9 Å². The summed E-state index contributed by atoms with van der Waals surface area (Å²) in [6, 6.07) is 0. The monoisotopic (exact) mass is 260 g/mol. The van der Waals surface area contributed by atoms with Crippen molar-refractivity contribution in [3.8, 4) is 0 Å². The van der Waals surface area contributed by atoms with Gasteiger partial charge in [-0.2, -0.15) is 0 Å². The number of carbonyl (C=O) groups excluding carboxylic acids is 3. The van der Waals surface area contributed by atoms with E-state index >= 15 is 0 Å². The van der Waals surface area contributed by atoms with Crippen LogP contribution in [0, 0.1) is 0 Å². The fourth-order valence-corrected chi connectivity index (χ4v) is 1.09. The Morgan fingerprint density at radius 3 is 1.94 bits per heavy atom. The molecule has 0 saturated carbocycles. The summed E-state index contributed by atoms with van der Waals surface area (Å²) < 4.78 is 4.21. The van der Waals surface area contributed by atoms with E-state index in [0.29, 0.717) is 32.1 Å². The lowest BCUT2D eigenvalue weighted by Crippen LogP contribution is -2.17. The number of hydrogen-bond acceptors (Lipinski definition) is 5. The van der Waals surface area contributed by atoms with Crippen molar-refractivity contribution in [1.29, 1.82) is 0 Å². The van der Waals surface area contributed by atoms with Gasteiger partial charge in [0.1, 0.15) is 5.78 Å². The molecular formula is C12H20O6. The van der Waals surface area contributed by atoms with Gasteiger partial charge in [-0.05, 0) is 19.8 Å². The second-order valence-corrected chi connectivity index (χ2v) is 3.65. The van der Waals surface area contributed by atoms with Gasteiger partial charge in [0.2, 0.25) is 0 Å². The molecule has 104 valence electrons. The minimum absolute atomic E-state index is 0. The topological polar surface area (TPSA) is 97.7 Å². The van der Waals surface area contributed by atoms with Crippen molar-refractivity contribution in [2.24, 2.45) is 0 Å². The van der Waals surface area contributed by atoms with E-state index in [2.05, 4.69) is 4.74 Å². The van der Waals surface area contributed by atoms with Crippen molar-refractivity contribution in [3.05, 3.63) is 0 Å². The molecule has 1 N–H and O–H groups in total. The number of carbonyl (C=O) groups is 4. The molecule has 0 amide bonds. The first-order valence-electron chi connectivity index (χ1n) is 5.36. The highest BCUT2D eigenvalue weighted by Gasteiger charge is 2.15. The number of ether oxygens (including phenoxy) is 1. The molecule has 0 aromatic carbocycles. The van der Waals surface area contributed by atoms with Crippen molar-refractivity contribution in [2.75, 3.05) is 0 Å². The Morgan fingerprint density at radius 2 is 1.67 bits per heavy atom. The van der Waals surface area contributed by atoms with Crippen LogP contribution in [0.1, 0.15) is 52.9 Å². The average Bonchev–Trinajstić information content (AvgIpc) is 2.16. The van der Waals surface area contributed by atoms with Crippen molar-refractivity contribution in [1.82, 2.24) is 0 Å². The van der Waals surface area contributed by atoms with Crippen LogP contribution in [0.3, 0.4) is 0 Å². The largest absolute Gasteiger partial charge is 0.481 e. The quantitative estimate of drug-likeness (QED) is 0.610. The molecule has 1 aliphatic heterocycles. The Hall–Kier alpha value is -1.72. The molecule has 1 heterocycles. The van der Waals surface area contributed by atoms with Gasteiger partial charge in [0.15, 0.2) is 0 Å². The number of esters is 2. The van der Waals surface area contributed by atoms with Gasteiger partial charge in [0, 0.05) is 25.7 Å². The van der Waals surface area contributed by atoms with Crippen molar-refractivity contribution in [2.45, 2.75) is 52.9 Å². The summed E-state index contributed by atoms with van der Waals surface area (Å²) in [5, 5.41) is 8.12. The fraction of sp³-hybridized carbons (Fsp3) is 0.667. The van der Waals surface area contributed by atoms with Gasteiger partial charge >= 0.3 is 17.9 Å². The minimum atomic E-state index is -0.837. The van der Waals surface area contributed by atoms with Crippen LogP contribution in [0.2, 0.25) is 0 Å². The lowest BCUT2D eigenvalue weighted by molar-refractivity contribution is -0.163. The number of carboxylic acid groups (broad SMARTS) is 1. The van der Waals surface area contributed by atoms with Crippen LogP contribution in [0.15, 0.2) is 0 Å². The van der Waals surface area contributed by atoms with Crippen LogP contribution in [0.4, 0.5) is 0 Å². The molecule has 0 bridgehead atoms. The Bertz CT molecular complexity index is 280. The van der Waals surface area contributed by atoms with Crippen molar-refractivity contribution >= 4 is 23.7 Å². The maximum atomic E-state index is 10.2. The number of ketones is 1. The predicted molar refractivity (Wildman–Crippen MR) is 63.8 cm³/mol. The second-order valence-electron chi connectivity index (χ2n) is 3.65. The molecule has 1 fully saturated rings. The Kier molecular flexibility index (Phi) is 10.8. The SMILES string of the molecule is C.CC(=O)CCCC(=O)O.O=C1CCCC(=O)O1. The molecule has 0 aromatic heterocycles. The van der Waals surface area contributed by atoms with Crippen molar-refractivity contribution in [3.63, 3.8) is 0 Å². The summed E-state index contributed by atoms with van der Waals surface area (Å²) in [7, 11) is 0. The molecule has 0 atom stereocenters. The summed E-state index contributed by atoms with van der Waals surface area (Å²) in [4.78, 5) is 40.6. The molecular weight excluding hydrogens is 240 g/mol. The molecule has 6 heteroatoms. The first-order chi connectivity index (χ1) is 7.91. The third-order valence-electron chi connectivity index (χ3n) is 1.91. The van der Waals surface area contributed by atoms with Gasteiger partial charge < -0.3 is 14.6 Å². The number of carboxylic acids is 1. The van der Waals surface area contributed by atoms with E-state index in [0.717, 1.165) is 0 Å². The lowest BCUT2D eigenvalue weighted by atomic mass is 10.2. The molecule has 0 radical (unpaired) electrons. The third-order valence-corrected chi connectivity index (χ3v) is 1.91. The normalized spacial score (nSPS) is 13.6. The molecule has 0 unspecified atom stereocenters. The molecule has 18 heavy (non-hydrogen) atoms. The van der Waals surface area contributed by atoms with Gasteiger partial charge in [-0.15, -0.1) is 0 Å². The highest BCUT2D eigenvalue weighted by molar-refractivity contribution is 5.87. The summed E-state index contributed by atoms with van der Waals surface area (Å²) in [6.45, 7) is 1.46. The Balaban J connectivity index is 0. The van der Waals surface area contributed by atoms with E-state index in [1.807, 2.05) is 0 Å². The van der Waals surface area contributed by atoms with Gasteiger partial charge in [-0.3, -0.25) is 14.4 Å². The Labute approximate surface area is 106 Å². The fourth-order valence-electron chi connectivity index (χ4n) is 1.09. The zero-order valence-corrected chi connectivity index (χ0v) is 9.73. The first kappa shape index (κ1) is 18.6. The number of Topliss-reactive ketones (excluding diaryl/α,β-unsaturated/α-hetero) is 1. The van der Waals surface area contributed by atoms with E-state index in [9.17, 15) is 19.2 Å². The number of rotatable bonds is 4. The molecule has 1 aliphatic rings. The number of aliphatic carboxylic acids is 1. The molecule has 0 aliphatic carbocycles. The summed E-state index contributed by atoms with van der Waals surface area (Å²) >= 11 is 0. The zero-order valence-electron chi connectivity index (χ0n) is 9.73. The molecule has 1 rings (SSSR count). The van der Waals surface area contributed by atoms with E-state index in [1.165, 1.54) is 6.92 Å². The lowest BCUT2D eigenvalue weighted by Gasteiger charge is -2.06. The zero-order chi connectivity index (χ0) is 13.3. The van der Waals surface area contributed by atoms with Crippen LogP contribution in [-0.4, -0.2) is 28.8 Å². The Morgan fingerprint density at radius 1 is 1.17 bits per heavy atom. The van der Waals surface area contributed by atoms with Crippen LogP contribution >= 0.6 is 0 Å². The summed E-state index contributed by atoms with van der Waals surface area (Å²) in [5.74, 6) is -1.56. The first-order valence-corrected chi connectivity index (χ1v) is 5.36. The standard InChI is InChI=1S/C6H10O3.C5H6O3.CH4/c1-5(7)3-2-4-6(8)9;6-4-2-1-3-5(7)8-4;/h2-4H2,1H3,(H,8,9);1-3H2;1H4. The van der Waals surface area contributed by atoms with E-state index in [4.69, 9.17) is 5.11 Å². The van der Waals surface area contributed by atoms with Crippen LogP contribution in [0.5, 0.6) is 0 Å². The number of hydrogen-bond donors (Lipinski definition) is 1. The minimum Gasteiger partial charge on any atom is -0.481 e. The van der Waals surface area contributed by atoms with E-state index in [1.54, 1.807) is 0 Å². The molecule has 0 aromatic rings. The highest BCUT2D eigenvalue weighted by atomic mass is 16.6. The van der Waals surface area contributed by atoms with Crippen molar-refractivity contribution < 1.29 is 29.0 Å². The second kappa shape index (κ2) is 10.4. The van der Waals surface area contributed by atoms with Gasteiger partial charge in [-0.1, -0.05) is 7.43 Å². The van der Waals surface area contributed by atoms with Crippen LogP contribution in [0.25, 0.3) is 0 Å². The van der Waals surface area contributed by atoms with E-state index in [-0.39, 0.29) is 31.6 Å². The molecule has 1 saturated heterocycles. The predicted octanol–water partition coefficient (Wildman–Crippen LogP) is 1.71. The summed E-state index contributed by atoms with van der Waals surface area (Å²) in [5.41, 5.74) is 0. The van der Waals surface area contributed by atoms with E-state index < -0.39 is 5.97 Å². The third kappa shape index (κ3) is 12.4. The average molecular weight is 260 g/mol. The highest BCUT2D eigenvalue weighted by Crippen LogP contribution is 2.06. The molecule has 0 spiro atoms. The van der Waals surface area contributed by atoms with Gasteiger partial charge in [0.05, 0.1) is 0 Å². The number of cyclic esters (lactones) is 2. The van der Waals surface area contributed by atoms with Gasteiger partial charge in [-0.25, -0.2) is 0 Å². The summed E-state index contributed by atoms with van der Waals surface area (Å²) in [6.07, 6.45) is 2.38. The molecule has 6 nitrogen and oxygen atoms in total. The maximum absolute atomic E-state index is 10.2. The van der Waals surface area contributed by atoms with Gasteiger partial charge in [0.25, 0.3) is 0 Å². The smallest absolute Gasteiger partial charge is 0.313 e. The van der Waals surface area contributed by atoms with Crippen LogP contribution < -0.4 is 0 Å².